The van der Waals surface area contributed by atoms with E-state index >= 15 is 0 Å². The van der Waals surface area contributed by atoms with Crippen molar-refractivity contribution >= 4 is 0 Å². The summed E-state index contributed by atoms with van der Waals surface area (Å²) in [5.74, 6) is 1.43. The van der Waals surface area contributed by atoms with Crippen LogP contribution in [0.2, 0.25) is 0 Å². The first kappa shape index (κ1) is 18.9. The smallest absolute Gasteiger partial charge is 0.266 e. The largest absolute Gasteiger partial charge is 0.268 e. The number of aryl methyl sites for hydroxylation is 3. The standard InChI is InChI=1S/C20H24FN5O/c1-6-12(2)9-17-22-20(19-14(4)11-18(27)25(5)24-19)26(23-17)15-7-8-16(21)13(3)10-15/h7-8,10-12H,6,9H2,1-5H3. The molecule has 142 valence electrons. The van der Waals surface area contributed by atoms with Gasteiger partial charge >= 0.3 is 0 Å². The predicted octanol–water partition coefficient (Wildman–Crippen LogP) is 3.37. The summed E-state index contributed by atoms with van der Waals surface area (Å²) in [7, 11) is 1.61. The van der Waals surface area contributed by atoms with Gasteiger partial charge in [0.25, 0.3) is 5.56 Å². The molecule has 27 heavy (non-hydrogen) atoms. The van der Waals surface area contributed by atoms with Crippen LogP contribution in [-0.2, 0) is 13.5 Å². The third-order valence-electron chi connectivity index (χ3n) is 4.76. The van der Waals surface area contributed by atoms with Gasteiger partial charge in [-0.1, -0.05) is 20.3 Å². The maximum Gasteiger partial charge on any atom is 0.266 e. The van der Waals surface area contributed by atoms with E-state index in [1.54, 1.807) is 30.8 Å². The molecule has 7 heteroatoms. The van der Waals surface area contributed by atoms with Gasteiger partial charge in [0.1, 0.15) is 11.5 Å². The Kier molecular flexibility index (Phi) is 5.21. The molecule has 0 N–H and O–H groups in total. The lowest BCUT2D eigenvalue weighted by molar-refractivity contribution is 0.542. The summed E-state index contributed by atoms with van der Waals surface area (Å²) in [6.45, 7) is 7.82. The quantitative estimate of drug-likeness (QED) is 0.692. The first-order valence-corrected chi connectivity index (χ1v) is 9.08. The van der Waals surface area contributed by atoms with Crippen LogP contribution in [0.5, 0.6) is 0 Å². The predicted molar refractivity (Wildman–Crippen MR) is 102 cm³/mol. The summed E-state index contributed by atoms with van der Waals surface area (Å²) in [5, 5.41) is 9.05. The van der Waals surface area contributed by atoms with Crippen molar-refractivity contribution in [3.05, 3.63) is 57.4 Å². The van der Waals surface area contributed by atoms with Crippen molar-refractivity contribution in [3.63, 3.8) is 0 Å². The van der Waals surface area contributed by atoms with Gasteiger partial charge in [-0.05, 0) is 49.1 Å². The van der Waals surface area contributed by atoms with E-state index in [2.05, 4.69) is 24.0 Å². The molecule has 0 aliphatic heterocycles. The van der Waals surface area contributed by atoms with E-state index in [1.165, 1.54) is 16.8 Å². The highest BCUT2D eigenvalue weighted by molar-refractivity contribution is 5.57. The normalized spacial score (nSPS) is 12.4. The second-order valence-corrected chi connectivity index (χ2v) is 7.05. The molecule has 2 heterocycles. The summed E-state index contributed by atoms with van der Waals surface area (Å²) in [6, 6.07) is 6.36. The van der Waals surface area contributed by atoms with Gasteiger partial charge in [0.05, 0.1) is 5.69 Å². The average Bonchev–Trinajstić information content (AvgIpc) is 3.03. The van der Waals surface area contributed by atoms with E-state index in [-0.39, 0.29) is 11.4 Å². The van der Waals surface area contributed by atoms with Crippen LogP contribution in [0.1, 0.15) is 37.2 Å². The topological polar surface area (TPSA) is 65.6 Å². The highest BCUT2D eigenvalue weighted by atomic mass is 19.1. The van der Waals surface area contributed by atoms with Crippen LogP contribution in [0.15, 0.2) is 29.1 Å². The zero-order valence-corrected chi connectivity index (χ0v) is 16.3. The van der Waals surface area contributed by atoms with Crippen LogP contribution in [0, 0.1) is 25.6 Å². The maximum absolute atomic E-state index is 13.7. The zero-order chi connectivity index (χ0) is 19.7. The minimum atomic E-state index is -0.267. The molecule has 0 saturated carbocycles. The molecule has 1 atom stereocenters. The van der Waals surface area contributed by atoms with Crippen molar-refractivity contribution < 1.29 is 4.39 Å². The zero-order valence-electron chi connectivity index (χ0n) is 16.3. The van der Waals surface area contributed by atoms with Crippen molar-refractivity contribution in [3.8, 4) is 17.2 Å². The van der Waals surface area contributed by atoms with E-state index in [9.17, 15) is 9.18 Å². The fourth-order valence-electron chi connectivity index (χ4n) is 2.84. The van der Waals surface area contributed by atoms with Crippen LogP contribution in [0.3, 0.4) is 0 Å². The number of rotatable bonds is 5. The molecule has 0 bridgehead atoms. The molecule has 3 aromatic rings. The molecule has 0 aliphatic carbocycles. The minimum Gasteiger partial charge on any atom is -0.268 e. The molecule has 3 rings (SSSR count). The third kappa shape index (κ3) is 3.82. The number of hydrogen-bond acceptors (Lipinski definition) is 4. The number of aromatic nitrogens is 5. The Bertz CT molecular complexity index is 1040. The second-order valence-electron chi connectivity index (χ2n) is 7.05. The maximum atomic E-state index is 13.7. The Morgan fingerprint density at radius 2 is 1.89 bits per heavy atom. The van der Waals surface area contributed by atoms with Gasteiger partial charge in [-0.25, -0.2) is 18.7 Å². The van der Waals surface area contributed by atoms with E-state index in [4.69, 9.17) is 4.98 Å². The van der Waals surface area contributed by atoms with Gasteiger partial charge < -0.3 is 0 Å². The Morgan fingerprint density at radius 3 is 2.56 bits per heavy atom. The number of nitrogens with zero attached hydrogens (tertiary/aromatic N) is 5. The van der Waals surface area contributed by atoms with E-state index < -0.39 is 0 Å². The molecule has 2 aromatic heterocycles. The molecule has 0 fully saturated rings. The first-order chi connectivity index (χ1) is 12.8. The molecule has 1 aromatic carbocycles. The Hall–Kier alpha value is -2.83. The molecule has 0 spiro atoms. The molecule has 6 nitrogen and oxygen atoms in total. The van der Waals surface area contributed by atoms with Crippen molar-refractivity contribution in [2.45, 2.75) is 40.5 Å². The molecule has 0 saturated heterocycles. The van der Waals surface area contributed by atoms with Gasteiger partial charge in [-0.3, -0.25) is 4.79 Å². The lowest BCUT2D eigenvalue weighted by atomic mass is 10.1. The summed E-state index contributed by atoms with van der Waals surface area (Å²) < 4.78 is 16.7. The highest BCUT2D eigenvalue weighted by Gasteiger charge is 2.19. The monoisotopic (exact) mass is 369 g/mol. The van der Waals surface area contributed by atoms with Crippen LogP contribution >= 0.6 is 0 Å². The highest BCUT2D eigenvalue weighted by Crippen LogP contribution is 2.24. The fraction of sp³-hybridized carbons (Fsp3) is 0.400. The second kappa shape index (κ2) is 7.42. The molecule has 1 unspecified atom stereocenters. The lowest BCUT2D eigenvalue weighted by Crippen LogP contribution is -2.20. The van der Waals surface area contributed by atoms with Crippen LogP contribution in [-0.4, -0.2) is 24.5 Å². The summed E-state index contributed by atoms with van der Waals surface area (Å²) in [5.41, 5.74) is 2.37. The Balaban J connectivity index is 2.20. The third-order valence-corrected chi connectivity index (χ3v) is 4.76. The van der Waals surface area contributed by atoms with Gasteiger partial charge in [-0.15, -0.1) is 0 Å². The SMILES string of the molecule is CCC(C)Cc1nc(-c2nn(C)c(=O)cc2C)n(-c2ccc(F)c(C)c2)n1. The molecule has 0 aliphatic rings. The number of halogens is 1. The van der Waals surface area contributed by atoms with E-state index in [0.717, 1.165) is 18.4 Å². The Labute approximate surface area is 157 Å². The Morgan fingerprint density at radius 1 is 1.15 bits per heavy atom. The summed E-state index contributed by atoms with van der Waals surface area (Å²) in [4.78, 5) is 16.6. The fourth-order valence-corrected chi connectivity index (χ4v) is 2.84. The van der Waals surface area contributed by atoms with Crippen LogP contribution in [0.25, 0.3) is 17.2 Å². The summed E-state index contributed by atoms with van der Waals surface area (Å²) >= 11 is 0. The van der Waals surface area contributed by atoms with Crippen LogP contribution < -0.4 is 5.56 Å². The molecular formula is C20H24FN5O. The van der Waals surface area contributed by atoms with E-state index in [0.29, 0.717) is 34.5 Å². The van der Waals surface area contributed by atoms with Gasteiger partial charge in [-0.2, -0.15) is 10.2 Å². The van der Waals surface area contributed by atoms with Gasteiger partial charge in [0.2, 0.25) is 0 Å². The first-order valence-electron chi connectivity index (χ1n) is 9.08. The van der Waals surface area contributed by atoms with Gasteiger partial charge in [0.15, 0.2) is 11.6 Å². The van der Waals surface area contributed by atoms with Crippen LogP contribution in [0.4, 0.5) is 4.39 Å². The molecular weight excluding hydrogens is 345 g/mol. The molecule has 0 radical (unpaired) electrons. The van der Waals surface area contributed by atoms with Crippen molar-refractivity contribution in [2.75, 3.05) is 0 Å². The average molecular weight is 369 g/mol. The van der Waals surface area contributed by atoms with E-state index in [1.807, 2.05) is 6.92 Å². The minimum absolute atomic E-state index is 0.181. The van der Waals surface area contributed by atoms with Crippen molar-refractivity contribution in [1.29, 1.82) is 0 Å². The number of benzene rings is 1. The van der Waals surface area contributed by atoms with Crippen molar-refractivity contribution in [1.82, 2.24) is 24.5 Å². The molecule has 0 amide bonds. The number of hydrogen-bond donors (Lipinski definition) is 0. The van der Waals surface area contributed by atoms with Gasteiger partial charge in [0, 0.05) is 19.5 Å². The summed E-state index contributed by atoms with van der Waals surface area (Å²) in [6.07, 6.45) is 1.76. The lowest BCUT2D eigenvalue weighted by Gasteiger charge is -2.09. The van der Waals surface area contributed by atoms with Crippen molar-refractivity contribution in [2.24, 2.45) is 13.0 Å².